The Morgan fingerprint density at radius 3 is 3.00 bits per heavy atom. The molecule has 1 rings (SSSR count). The van der Waals surface area contributed by atoms with E-state index in [2.05, 4.69) is 18.8 Å². The molecule has 3 heteroatoms. The zero-order chi connectivity index (χ0) is 7.40. The van der Waals surface area contributed by atoms with Crippen LogP contribution in [0.3, 0.4) is 0 Å². The molecule has 0 aliphatic rings. The molecule has 10 heavy (non-hydrogen) atoms. The van der Waals surface area contributed by atoms with Crippen LogP contribution < -0.4 is 4.74 Å². The van der Waals surface area contributed by atoms with Crippen LogP contribution in [0.1, 0.15) is 13.8 Å². The van der Waals surface area contributed by atoms with Gasteiger partial charge in [0.2, 0.25) is 0 Å². The minimum absolute atomic E-state index is 0.573. The molecule has 0 fully saturated rings. The standard InChI is InChI=1S/C7H11NOS/c1-6(2)5-9-7-8-3-4-10-7/h3-4,6H,5H2,1-2H3. The van der Waals surface area contributed by atoms with Crippen LogP contribution in [-0.4, -0.2) is 11.6 Å². The van der Waals surface area contributed by atoms with Gasteiger partial charge in [-0.25, -0.2) is 4.98 Å². The van der Waals surface area contributed by atoms with Crippen molar-refractivity contribution in [3.63, 3.8) is 0 Å². The number of thiazole rings is 1. The summed E-state index contributed by atoms with van der Waals surface area (Å²) in [6.07, 6.45) is 1.75. The van der Waals surface area contributed by atoms with Crippen LogP contribution in [0.4, 0.5) is 0 Å². The molecule has 0 atom stereocenters. The van der Waals surface area contributed by atoms with Gasteiger partial charge in [-0.15, -0.1) is 0 Å². The number of hydrogen-bond acceptors (Lipinski definition) is 3. The van der Waals surface area contributed by atoms with E-state index in [1.807, 2.05) is 5.38 Å². The third kappa shape index (κ3) is 2.35. The molecule has 1 heterocycles. The number of rotatable bonds is 3. The first-order valence-electron chi connectivity index (χ1n) is 3.31. The van der Waals surface area contributed by atoms with Gasteiger partial charge in [0.1, 0.15) is 0 Å². The van der Waals surface area contributed by atoms with Crippen molar-refractivity contribution in [3.8, 4) is 5.19 Å². The lowest BCUT2D eigenvalue weighted by molar-refractivity contribution is 0.270. The molecule has 0 aromatic carbocycles. The lowest BCUT2D eigenvalue weighted by Crippen LogP contribution is -2.03. The summed E-state index contributed by atoms with van der Waals surface area (Å²) in [5, 5.41) is 2.68. The average molecular weight is 157 g/mol. The molecule has 2 nitrogen and oxygen atoms in total. The molecule has 0 unspecified atom stereocenters. The van der Waals surface area contributed by atoms with Crippen molar-refractivity contribution in [2.45, 2.75) is 13.8 Å². The molecule has 0 radical (unpaired) electrons. The highest BCUT2D eigenvalue weighted by atomic mass is 32.1. The number of aromatic nitrogens is 1. The van der Waals surface area contributed by atoms with Crippen molar-refractivity contribution in [1.82, 2.24) is 4.98 Å². The Morgan fingerprint density at radius 1 is 1.70 bits per heavy atom. The van der Waals surface area contributed by atoms with Gasteiger partial charge in [0.15, 0.2) is 0 Å². The SMILES string of the molecule is CC(C)COc1nccs1. The highest BCUT2D eigenvalue weighted by Gasteiger charge is 1.96. The lowest BCUT2D eigenvalue weighted by atomic mass is 10.2. The molecule has 56 valence electrons. The van der Waals surface area contributed by atoms with E-state index in [9.17, 15) is 0 Å². The van der Waals surface area contributed by atoms with Crippen molar-refractivity contribution in [2.75, 3.05) is 6.61 Å². The Kier molecular flexibility index (Phi) is 2.68. The van der Waals surface area contributed by atoms with Crippen LogP contribution >= 0.6 is 11.3 Å². The van der Waals surface area contributed by atoms with Gasteiger partial charge < -0.3 is 4.74 Å². The van der Waals surface area contributed by atoms with Gasteiger partial charge in [-0.3, -0.25) is 0 Å². The van der Waals surface area contributed by atoms with Gasteiger partial charge in [-0.2, -0.15) is 0 Å². The van der Waals surface area contributed by atoms with Gasteiger partial charge in [-0.05, 0) is 5.92 Å². The second kappa shape index (κ2) is 3.56. The molecule has 0 aliphatic heterocycles. The summed E-state index contributed by atoms with van der Waals surface area (Å²) in [5.74, 6) is 0.573. The van der Waals surface area contributed by atoms with Crippen molar-refractivity contribution in [2.24, 2.45) is 5.92 Å². The fraction of sp³-hybridized carbons (Fsp3) is 0.571. The van der Waals surface area contributed by atoms with E-state index in [0.717, 1.165) is 11.8 Å². The second-order valence-corrected chi connectivity index (χ2v) is 3.36. The average Bonchev–Trinajstić information content (AvgIpc) is 2.34. The summed E-state index contributed by atoms with van der Waals surface area (Å²) in [6, 6.07) is 0. The van der Waals surface area contributed by atoms with E-state index in [4.69, 9.17) is 4.74 Å². The third-order valence-corrected chi connectivity index (χ3v) is 1.63. The molecule has 0 amide bonds. The van der Waals surface area contributed by atoms with Gasteiger partial charge in [0.05, 0.1) is 6.61 Å². The molecular weight excluding hydrogens is 146 g/mol. The number of ether oxygens (including phenoxy) is 1. The summed E-state index contributed by atoms with van der Waals surface area (Å²) in [6.45, 7) is 4.99. The Labute approximate surface area is 64.9 Å². The second-order valence-electron chi connectivity index (χ2n) is 2.50. The fourth-order valence-electron chi connectivity index (χ4n) is 0.520. The molecule has 0 bridgehead atoms. The predicted octanol–water partition coefficient (Wildman–Crippen LogP) is 2.18. The normalized spacial score (nSPS) is 10.3. The predicted molar refractivity (Wildman–Crippen MR) is 42.4 cm³/mol. The lowest BCUT2D eigenvalue weighted by Gasteiger charge is -2.03. The van der Waals surface area contributed by atoms with E-state index >= 15 is 0 Å². The van der Waals surface area contributed by atoms with Crippen LogP contribution in [0.15, 0.2) is 11.6 Å². The molecule has 0 N–H and O–H groups in total. The summed E-state index contributed by atoms with van der Waals surface area (Å²) in [5.41, 5.74) is 0. The molecule has 0 saturated heterocycles. The summed E-state index contributed by atoms with van der Waals surface area (Å²) in [4.78, 5) is 3.98. The largest absolute Gasteiger partial charge is 0.470 e. The highest BCUT2D eigenvalue weighted by Crippen LogP contribution is 2.13. The fourth-order valence-corrected chi connectivity index (χ4v) is 1.02. The maximum absolute atomic E-state index is 5.31. The van der Waals surface area contributed by atoms with Crippen LogP contribution in [0, 0.1) is 5.92 Å². The zero-order valence-electron chi connectivity index (χ0n) is 6.20. The van der Waals surface area contributed by atoms with E-state index in [-0.39, 0.29) is 0 Å². The van der Waals surface area contributed by atoms with Crippen LogP contribution in [0.2, 0.25) is 0 Å². The first-order chi connectivity index (χ1) is 4.79. The Morgan fingerprint density at radius 2 is 2.50 bits per heavy atom. The van der Waals surface area contributed by atoms with Gasteiger partial charge >= 0.3 is 0 Å². The van der Waals surface area contributed by atoms with Crippen molar-refractivity contribution in [3.05, 3.63) is 11.6 Å². The van der Waals surface area contributed by atoms with E-state index in [0.29, 0.717) is 5.92 Å². The third-order valence-electron chi connectivity index (χ3n) is 0.950. The summed E-state index contributed by atoms with van der Waals surface area (Å²) < 4.78 is 5.31. The number of nitrogens with zero attached hydrogens (tertiary/aromatic N) is 1. The monoisotopic (exact) mass is 157 g/mol. The Bertz CT molecular complexity index is 172. The Hall–Kier alpha value is -0.570. The maximum Gasteiger partial charge on any atom is 0.273 e. The summed E-state index contributed by atoms with van der Waals surface area (Å²) in [7, 11) is 0. The number of hydrogen-bond donors (Lipinski definition) is 0. The minimum atomic E-state index is 0.573. The first-order valence-corrected chi connectivity index (χ1v) is 4.19. The highest BCUT2D eigenvalue weighted by molar-refractivity contribution is 7.11. The molecule has 0 spiro atoms. The Balaban J connectivity index is 2.28. The topological polar surface area (TPSA) is 22.1 Å². The van der Waals surface area contributed by atoms with E-state index in [1.165, 1.54) is 11.3 Å². The van der Waals surface area contributed by atoms with Gasteiger partial charge in [-0.1, -0.05) is 25.2 Å². The molecular formula is C7H11NOS. The smallest absolute Gasteiger partial charge is 0.273 e. The van der Waals surface area contributed by atoms with Crippen molar-refractivity contribution >= 4 is 11.3 Å². The molecule has 0 aliphatic carbocycles. The van der Waals surface area contributed by atoms with Crippen molar-refractivity contribution in [1.29, 1.82) is 0 Å². The first kappa shape index (κ1) is 7.54. The van der Waals surface area contributed by atoms with Crippen molar-refractivity contribution < 1.29 is 4.74 Å². The summed E-state index contributed by atoms with van der Waals surface area (Å²) >= 11 is 1.53. The van der Waals surface area contributed by atoms with E-state index < -0.39 is 0 Å². The van der Waals surface area contributed by atoms with Crippen LogP contribution in [0.25, 0.3) is 0 Å². The van der Waals surface area contributed by atoms with Crippen LogP contribution in [-0.2, 0) is 0 Å². The minimum Gasteiger partial charge on any atom is -0.470 e. The molecule has 1 aromatic heterocycles. The van der Waals surface area contributed by atoms with Gasteiger partial charge in [0.25, 0.3) is 5.19 Å². The van der Waals surface area contributed by atoms with Gasteiger partial charge in [0, 0.05) is 11.6 Å². The quantitative estimate of drug-likeness (QED) is 0.671. The molecule has 1 aromatic rings. The van der Waals surface area contributed by atoms with Crippen LogP contribution in [0.5, 0.6) is 5.19 Å². The zero-order valence-corrected chi connectivity index (χ0v) is 7.02. The maximum atomic E-state index is 5.31. The van der Waals surface area contributed by atoms with E-state index in [1.54, 1.807) is 6.20 Å². The molecule has 0 saturated carbocycles.